The molecule has 1 heterocycles. The van der Waals surface area contributed by atoms with E-state index in [1.807, 2.05) is 27.0 Å². The average molecular weight is 238 g/mol. The van der Waals surface area contributed by atoms with Crippen molar-refractivity contribution in [3.05, 3.63) is 11.9 Å². The second-order valence-corrected chi connectivity index (χ2v) is 3.81. The minimum Gasteiger partial charge on any atom is -0.380 e. The second kappa shape index (κ2) is 7.06. The third-order valence-corrected chi connectivity index (χ3v) is 2.35. The lowest BCUT2D eigenvalue weighted by molar-refractivity contribution is 0.154. The number of aromatic nitrogens is 2. The smallest absolute Gasteiger partial charge is 0.134 e. The molecule has 0 atom stereocenters. The highest BCUT2D eigenvalue weighted by Crippen LogP contribution is 2.14. The van der Waals surface area contributed by atoms with Gasteiger partial charge in [0.2, 0.25) is 0 Å². The maximum atomic E-state index is 5.33. The van der Waals surface area contributed by atoms with Gasteiger partial charge in [-0.2, -0.15) is 0 Å². The minimum absolute atomic E-state index is 0.715. The summed E-state index contributed by atoms with van der Waals surface area (Å²) in [5.74, 6) is 2.58. The highest BCUT2D eigenvalue weighted by Gasteiger charge is 2.05. The van der Waals surface area contributed by atoms with Crippen molar-refractivity contribution in [3.63, 3.8) is 0 Å². The van der Waals surface area contributed by atoms with Gasteiger partial charge in [0.1, 0.15) is 17.5 Å². The van der Waals surface area contributed by atoms with Crippen LogP contribution in [0.2, 0.25) is 0 Å². The van der Waals surface area contributed by atoms with Gasteiger partial charge in [-0.15, -0.1) is 0 Å². The highest BCUT2D eigenvalue weighted by atomic mass is 16.5. The molecule has 0 aliphatic carbocycles. The fourth-order valence-corrected chi connectivity index (χ4v) is 1.48. The topological polar surface area (TPSA) is 50.3 Å². The van der Waals surface area contributed by atoms with Crippen LogP contribution in [-0.4, -0.2) is 43.3 Å². The van der Waals surface area contributed by atoms with Crippen LogP contribution in [-0.2, 0) is 4.74 Å². The number of nitrogens with zero attached hydrogens (tertiary/aromatic N) is 3. The van der Waals surface area contributed by atoms with Gasteiger partial charge in [-0.1, -0.05) is 0 Å². The van der Waals surface area contributed by atoms with Crippen molar-refractivity contribution in [3.8, 4) is 0 Å². The van der Waals surface area contributed by atoms with E-state index >= 15 is 0 Å². The third-order valence-electron chi connectivity index (χ3n) is 2.35. The monoisotopic (exact) mass is 238 g/mol. The lowest BCUT2D eigenvalue weighted by atomic mass is 10.4. The SMILES string of the molecule is CCNc1cc(N(C)CCOCC)nc(C)n1. The Morgan fingerprint density at radius 3 is 2.76 bits per heavy atom. The Balaban J connectivity index is 2.67. The predicted molar refractivity (Wildman–Crippen MR) is 70.7 cm³/mol. The van der Waals surface area contributed by atoms with Crippen molar-refractivity contribution in [2.45, 2.75) is 20.8 Å². The van der Waals surface area contributed by atoms with E-state index in [-0.39, 0.29) is 0 Å². The molecule has 0 aromatic carbocycles. The number of anilines is 2. The first kappa shape index (κ1) is 13.7. The van der Waals surface area contributed by atoms with Gasteiger partial charge in [0, 0.05) is 32.8 Å². The molecule has 96 valence electrons. The summed E-state index contributed by atoms with van der Waals surface area (Å²) in [6.45, 7) is 9.11. The van der Waals surface area contributed by atoms with Crippen molar-refractivity contribution in [2.24, 2.45) is 0 Å². The van der Waals surface area contributed by atoms with Crippen LogP contribution in [0.25, 0.3) is 0 Å². The van der Waals surface area contributed by atoms with Crippen LogP contribution < -0.4 is 10.2 Å². The van der Waals surface area contributed by atoms with Gasteiger partial charge in [-0.25, -0.2) is 9.97 Å². The molecule has 1 aromatic rings. The molecule has 5 nitrogen and oxygen atoms in total. The van der Waals surface area contributed by atoms with Crippen LogP contribution in [0.15, 0.2) is 6.07 Å². The van der Waals surface area contributed by atoms with Crippen LogP contribution in [0, 0.1) is 6.92 Å². The Hall–Kier alpha value is -1.36. The highest BCUT2D eigenvalue weighted by molar-refractivity contribution is 5.48. The van der Waals surface area contributed by atoms with Crippen molar-refractivity contribution in [1.29, 1.82) is 0 Å². The average Bonchev–Trinajstić information content (AvgIpc) is 2.29. The van der Waals surface area contributed by atoms with E-state index in [9.17, 15) is 0 Å². The van der Waals surface area contributed by atoms with Gasteiger partial charge in [-0.05, 0) is 20.8 Å². The van der Waals surface area contributed by atoms with E-state index in [4.69, 9.17) is 4.74 Å². The van der Waals surface area contributed by atoms with Crippen molar-refractivity contribution < 1.29 is 4.74 Å². The molecule has 0 saturated heterocycles. The zero-order valence-electron chi connectivity index (χ0n) is 11.2. The molecule has 0 aliphatic heterocycles. The molecule has 0 aliphatic rings. The Labute approximate surface area is 103 Å². The van der Waals surface area contributed by atoms with Crippen LogP contribution in [0.4, 0.5) is 11.6 Å². The van der Waals surface area contributed by atoms with Crippen molar-refractivity contribution >= 4 is 11.6 Å². The maximum absolute atomic E-state index is 5.33. The van der Waals surface area contributed by atoms with Gasteiger partial charge < -0.3 is 15.0 Å². The molecular formula is C12H22N4O. The lowest BCUT2D eigenvalue weighted by Crippen LogP contribution is -2.24. The van der Waals surface area contributed by atoms with Gasteiger partial charge >= 0.3 is 0 Å². The van der Waals surface area contributed by atoms with Crippen molar-refractivity contribution in [2.75, 3.05) is 43.6 Å². The van der Waals surface area contributed by atoms with E-state index in [1.54, 1.807) is 0 Å². The van der Waals surface area contributed by atoms with Gasteiger partial charge in [-0.3, -0.25) is 0 Å². The number of likely N-dealkylation sites (N-methyl/N-ethyl adjacent to an activating group) is 1. The molecule has 1 aromatic heterocycles. The van der Waals surface area contributed by atoms with Crippen LogP contribution in [0.1, 0.15) is 19.7 Å². The zero-order chi connectivity index (χ0) is 12.7. The Morgan fingerprint density at radius 1 is 1.35 bits per heavy atom. The number of ether oxygens (including phenoxy) is 1. The van der Waals surface area contributed by atoms with E-state index in [0.29, 0.717) is 6.61 Å². The summed E-state index contributed by atoms with van der Waals surface area (Å²) in [6.07, 6.45) is 0. The quantitative estimate of drug-likeness (QED) is 0.733. The summed E-state index contributed by atoms with van der Waals surface area (Å²) in [6, 6.07) is 1.96. The molecule has 0 amide bonds. The van der Waals surface area contributed by atoms with Gasteiger partial charge in [0.25, 0.3) is 0 Å². The number of hydrogen-bond donors (Lipinski definition) is 1. The summed E-state index contributed by atoms with van der Waals surface area (Å²) in [5.41, 5.74) is 0. The molecule has 5 heteroatoms. The first-order valence-electron chi connectivity index (χ1n) is 6.05. The van der Waals surface area contributed by atoms with Gasteiger partial charge in [0.05, 0.1) is 6.61 Å². The summed E-state index contributed by atoms with van der Waals surface area (Å²) >= 11 is 0. The van der Waals surface area contributed by atoms with E-state index in [2.05, 4.69) is 27.1 Å². The number of hydrogen-bond acceptors (Lipinski definition) is 5. The third kappa shape index (κ3) is 4.56. The van der Waals surface area contributed by atoms with E-state index in [1.165, 1.54) is 0 Å². The number of rotatable bonds is 7. The van der Waals surface area contributed by atoms with Crippen LogP contribution in [0.5, 0.6) is 0 Å². The van der Waals surface area contributed by atoms with Crippen LogP contribution >= 0.6 is 0 Å². The molecule has 0 spiro atoms. The molecule has 1 N–H and O–H groups in total. The molecule has 1 rings (SSSR count). The summed E-state index contributed by atoms with van der Waals surface area (Å²) < 4.78 is 5.33. The molecular weight excluding hydrogens is 216 g/mol. The van der Waals surface area contributed by atoms with Crippen LogP contribution in [0.3, 0.4) is 0 Å². The first-order chi connectivity index (χ1) is 8.17. The summed E-state index contributed by atoms with van der Waals surface area (Å²) in [5, 5.41) is 3.20. The molecule has 0 bridgehead atoms. The number of aryl methyl sites for hydroxylation is 1. The molecule has 0 radical (unpaired) electrons. The minimum atomic E-state index is 0.715. The largest absolute Gasteiger partial charge is 0.380 e. The molecule has 17 heavy (non-hydrogen) atoms. The second-order valence-electron chi connectivity index (χ2n) is 3.81. The fraction of sp³-hybridized carbons (Fsp3) is 0.667. The molecule has 0 saturated carbocycles. The van der Waals surface area contributed by atoms with E-state index < -0.39 is 0 Å². The first-order valence-corrected chi connectivity index (χ1v) is 6.05. The molecule has 0 fully saturated rings. The Morgan fingerprint density at radius 2 is 2.12 bits per heavy atom. The molecule has 0 unspecified atom stereocenters. The number of nitrogens with one attached hydrogen (secondary N) is 1. The lowest BCUT2D eigenvalue weighted by Gasteiger charge is -2.19. The van der Waals surface area contributed by atoms with Gasteiger partial charge in [0.15, 0.2) is 0 Å². The van der Waals surface area contributed by atoms with E-state index in [0.717, 1.165) is 37.2 Å². The summed E-state index contributed by atoms with van der Waals surface area (Å²) in [7, 11) is 2.01. The Bertz CT molecular complexity index is 343. The fourth-order valence-electron chi connectivity index (χ4n) is 1.48. The normalized spacial score (nSPS) is 10.4. The zero-order valence-corrected chi connectivity index (χ0v) is 11.2. The van der Waals surface area contributed by atoms with Crippen molar-refractivity contribution in [1.82, 2.24) is 9.97 Å². The summed E-state index contributed by atoms with van der Waals surface area (Å²) in [4.78, 5) is 10.8. The standard InChI is InChI=1S/C12H22N4O/c1-5-13-11-9-12(15-10(3)14-11)16(4)7-8-17-6-2/h9H,5-8H2,1-4H3,(H,13,14,15). The maximum Gasteiger partial charge on any atom is 0.134 e. The Kier molecular flexibility index (Phi) is 5.69. The predicted octanol–water partition coefficient (Wildman–Crippen LogP) is 1.69.